The number of nitrogens with one attached hydrogen (secondary N) is 2. The highest BCUT2D eigenvalue weighted by Gasteiger charge is 2.33. The number of amides is 2. The summed E-state index contributed by atoms with van der Waals surface area (Å²) in [5, 5.41) is 1.12. The van der Waals surface area contributed by atoms with Crippen molar-refractivity contribution in [3.63, 3.8) is 0 Å². The Balaban J connectivity index is 1.62. The third-order valence-electron chi connectivity index (χ3n) is 5.01. The zero-order valence-corrected chi connectivity index (χ0v) is 17.3. The molecule has 2 heterocycles. The van der Waals surface area contributed by atoms with E-state index >= 15 is 0 Å². The van der Waals surface area contributed by atoms with Gasteiger partial charge in [0.2, 0.25) is 5.91 Å². The normalized spacial score (nSPS) is 17.6. The SMILES string of the molecule is O=C(NNC(=O)C1CCS(=O)(=O)C1)c1cc(-c2ccccc2Cl)nc2ccccc12. The first-order valence-electron chi connectivity index (χ1n) is 9.29. The van der Waals surface area contributed by atoms with E-state index in [0.717, 1.165) is 0 Å². The summed E-state index contributed by atoms with van der Waals surface area (Å²) in [6.07, 6.45) is 0.249. The number of fused-ring (bicyclic) bond motifs is 1. The molecule has 0 saturated carbocycles. The van der Waals surface area contributed by atoms with Crippen LogP contribution in [-0.2, 0) is 14.6 Å². The van der Waals surface area contributed by atoms with E-state index in [-0.39, 0.29) is 17.9 Å². The summed E-state index contributed by atoms with van der Waals surface area (Å²) in [5.41, 5.74) is 6.87. The topological polar surface area (TPSA) is 105 Å². The number of benzene rings is 2. The second-order valence-corrected chi connectivity index (χ2v) is 9.73. The van der Waals surface area contributed by atoms with Gasteiger partial charge in [0.15, 0.2) is 9.84 Å². The minimum Gasteiger partial charge on any atom is -0.273 e. The number of hydrazine groups is 1. The molecular formula is C21H18ClN3O4S. The number of aromatic nitrogens is 1. The lowest BCUT2D eigenvalue weighted by atomic mass is 10.0. The van der Waals surface area contributed by atoms with Gasteiger partial charge in [0.1, 0.15) is 0 Å². The largest absolute Gasteiger partial charge is 0.273 e. The van der Waals surface area contributed by atoms with Crippen molar-refractivity contribution in [3.05, 3.63) is 65.2 Å². The Kier molecular flexibility index (Phi) is 5.44. The van der Waals surface area contributed by atoms with Crippen LogP contribution in [0, 0.1) is 5.92 Å². The third kappa shape index (κ3) is 4.15. The number of halogens is 1. The summed E-state index contributed by atoms with van der Waals surface area (Å²) in [5.74, 6) is -1.94. The molecule has 2 N–H and O–H groups in total. The summed E-state index contributed by atoms with van der Waals surface area (Å²) < 4.78 is 23.1. The highest BCUT2D eigenvalue weighted by molar-refractivity contribution is 7.91. The lowest BCUT2D eigenvalue weighted by molar-refractivity contribution is -0.125. The number of rotatable bonds is 3. The molecule has 1 aromatic heterocycles. The minimum atomic E-state index is -3.19. The maximum absolute atomic E-state index is 12.9. The number of hydrogen-bond donors (Lipinski definition) is 2. The standard InChI is InChI=1S/C21H18ClN3O4S/c22-17-7-3-1-6-15(17)19-11-16(14-5-2-4-8-18(14)23-19)21(27)25-24-20(26)13-9-10-30(28,29)12-13/h1-8,11,13H,9-10,12H2,(H,24,26)(H,25,27). The van der Waals surface area contributed by atoms with E-state index in [1.54, 1.807) is 36.4 Å². The Labute approximate surface area is 178 Å². The zero-order valence-electron chi connectivity index (χ0n) is 15.8. The molecule has 9 heteroatoms. The fourth-order valence-electron chi connectivity index (χ4n) is 3.46. The summed E-state index contributed by atoms with van der Waals surface area (Å²) in [6.45, 7) is 0. The van der Waals surface area contributed by atoms with Crippen LogP contribution in [0.1, 0.15) is 16.8 Å². The number of hydrogen-bond acceptors (Lipinski definition) is 5. The van der Waals surface area contributed by atoms with Gasteiger partial charge < -0.3 is 0 Å². The second kappa shape index (κ2) is 8.04. The van der Waals surface area contributed by atoms with Crippen LogP contribution in [0.25, 0.3) is 22.2 Å². The maximum Gasteiger partial charge on any atom is 0.270 e. The van der Waals surface area contributed by atoms with Crippen molar-refractivity contribution in [2.45, 2.75) is 6.42 Å². The number of nitrogens with zero attached hydrogens (tertiary/aromatic N) is 1. The predicted molar refractivity (Wildman–Crippen MR) is 115 cm³/mol. The van der Waals surface area contributed by atoms with E-state index in [2.05, 4.69) is 15.8 Å². The Hall–Kier alpha value is -2.97. The number of sulfone groups is 1. The van der Waals surface area contributed by atoms with Crippen LogP contribution in [0.5, 0.6) is 0 Å². The van der Waals surface area contributed by atoms with Gasteiger partial charge in [-0.25, -0.2) is 13.4 Å². The van der Waals surface area contributed by atoms with Crippen molar-refractivity contribution < 1.29 is 18.0 Å². The summed E-state index contributed by atoms with van der Waals surface area (Å²) in [6, 6.07) is 16.0. The van der Waals surface area contributed by atoms with Crippen molar-refractivity contribution in [2.75, 3.05) is 11.5 Å². The summed E-state index contributed by atoms with van der Waals surface area (Å²) in [4.78, 5) is 29.7. The molecule has 1 saturated heterocycles. The fourth-order valence-corrected chi connectivity index (χ4v) is 5.43. The van der Waals surface area contributed by atoms with Gasteiger partial charge >= 0.3 is 0 Å². The molecule has 1 fully saturated rings. The van der Waals surface area contributed by atoms with E-state index in [1.165, 1.54) is 0 Å². The molecule has 2 amide bonds. The van der Waals surface area contributed by atoms with Crippen LogP contribution >= 0.6 is 11.6 Å². The van der Waals surface area contributed by atoms with Gasteiger partial charge in [-0.1, -0.05) is 48.0 Å². The predicted octanol–water partition coefficient (Wildman–Crippen LogP) is 2.75. The molecule has 1 unspecified atom stereocenters. The first-order valence-corrected chi connectivity index (χ1v) is 11.5. The van der Waals surface area contributed by atoms with Crippen LogP contribution < -0.4 is 10.9 Å². The molecule has 1 atom stereocenters. The lowest BCUT2D eigenvalue weighted by Crippen LogP contribution is -2.44. The van der Waals surface area contributed by atoms with Crippen molar-refractivity contribution in [2.24, 2.45) is 5.92 Å². The van der Waals surface area contributed by atoms with E-state index < -0.39 is 27.6 Å². The first kappa shape index (κ1) is 20.3. The molecule has 0 spiro atoms. The number of carbonyl (C=O) groups excluding carboxylic acids is 2. The molecule has 30 heavy (non-hydrogen) atoms. The van der Waals surface area contributed by atoms with Crippen LogP contribution in [0.4, 0.5) is 0 Å². The van der Waals surface area contributed by atoms with Crippen molar-refractivity contribution >= 4 is 44.2 Å². The van der Waals surface area contributed by atoms with E-state index in [4.69, 9.17) is 11.6 Å². The Morgan fingerprint density at radius 2 is 1.77 bits per heavy atom. The molecule has 7 nitrogen and oxygen atoms in total. The van der Waals surface area contributed by atoms with Crippen LogP contribution in [0.15, 0.2) is 54.6 Å². The minimum absolute atomic E-state index is 0.0186. The number of para-hydroxylation sites is 1. The molecule has 1 aliphatic rings. The van der Waals surface area contributed by atoms with Crippen LogP contribution in [0.3, 0.4) is 0 Å². The average molecular weight is 444 g/mol. The molecule has 3 aromatic rings. The first-order chi connectivity index (χ1) is 14.3. The van der Waals surface area contributed by atoms with Gasteiger partial charge in [0.05, 0.1) is 34.2 Å². The Bertz CT molecular complexity index is 1260. The highest BCUT2D eigenvalue weighted by Crippen LogP contribution is 2.29. The molecule has 2 aromatic carbocycles. The Morgan fingerprint density at radius 3 is 2.50 bits per heavy atom. The van der Waals surface area contributed by atoms with Gasteiger partial charge in [0, 0.05) is 16.0 Å². The molecule has 1 aliphatic heterocycles. The summed E-state index contributed by atoms with van der Waals surface area (Å²) >= 11 is 6.29. The second-order valence-electron chi connectivity index (χ2n) is 7.10. The highest BCUT2D eigenvalue weighted by atomic mass is 35.5. The molecule has 4 rings (SSSR count). The number of carbonyl (C=O) groups is 2. The number of pyridine rings is 1. The van der Waals surface area contributed by atoms with Crippen molar-refractivity contribution in [1.82, 2.24) is 15.8 Å². The average Bonchev–Trinajstić information content (AvgIpc) is 3.11. The smallest absolute Gasteiger partial charge is 0.270 e. The maximum atomic E-state index is 12.9. The van der Waals surface area contributed by atoms with E-state index in [9.17, 15) is 18.0 Å². The van der Waals surface area contributed by atoms with Crippen LogP contribution in [0.2, 0.25) is 5.02 Å². The molecule has 0 bridgehead atoms. The molecule has 0 aliphatic carbocycles. The van der Waals surface area contributed by atoms with E-state index in [1.807, 2.05) is 18.2 Å². The monoisotopic (exact) mass is 443 g/mol. The molecular weight excluding hydrogens is 426 g/mol. The third-order valence-corrected chi connectivity index (χ3v) is 7.11. The quantitative estimate of drug-likeness (QED) is 0.605. The van der Waals surface area contributed by atoms with Gasteiger partial charge in [0.25, 0.3) is 5.91 Å². The van der Waals surface area contributed by atoms with Crippen LogP contribution in [-0.4, -0.2) is 36.7 Å². The van der Waals surface area contributed by atoms with Gasteiger partial charge in [-0.3, -0.25) is 20.4 Å². The molecule has 0 radical (unpaired) electrons. The zero-order chi connectivity index (χ0) is 21.3. The van der Waals surface area contributed by atoms with Crippen molar-refractivity contribution in [1.29, 1.82) is 0 Å². The Morgan fingerprint density at radius 1 is 1.03 bits per heavy atom. The molecule has 154 valence electrons. The van der Waals surface area contributed by atoms with Gasteiger partial charge in [-0.15, -0.1) is 0 Å². The van der Waals surface area contributed by atoms with E-state index in [0.29, 0.717) is 32.7 Å². The summed E-state index contributed by atoms with van der Waals surface area (Å²) in [7, 11) is -3.19. The fraction of sp³-hybridized carbons (Fsp3) is 0.190. The van der Waals surface area contributed by atoms with Gasteiger partial charge in [-0.2, -0.15) is 0 Å². The van der Waals surface area contributed by atoms with Crippen molar-refractivity contribution in [3.8, 4) is 11.3 Å². The lowest BCUT2D eigenvalue weighted by Gasteiger charge is -2.13. The van der Waals surface area contributed by atoms with Gasteiger partial charge in [-0.05, 0) is 24.6 Å².